The summed E-state index contributed by atoms with van der Waals surface area (Å²) in [5.74, 6) is 0.469. The molecular formula is C24H27ClF2O7. The number of ether oxygens (including phenoxy) is 3. The highest BCUT2D eigenvalue weighted by Crippen LogP contribution is 2.36. The summed E-state index contributed by atoms with van der Waals surface area (Å²) in [6.45, 7) is -0.684. The van der Waals surface area contributed by atoms with E-state index < -0.39 is 49.0 Å². The maximum Gasteiger partial charge on any atom is 0.251 e. The highest BCUT2D eigenvalue weighted by Gasteiger charge is 2.48. The molecule has 4 N–H and O–H groups in total. The number of hydrogen-bond donors (Lipinski definition) is 4. The highest BCUT2D eigenvalue weighted by atomic mass is 35.5. The van der Waals surface area contributed by atoms with E-state index in [0.717, 1.165) is 11.1 Å². The Bertz CT molecular complexity index is 968. The Morgan fingerprint density at radius 3 is 2.32 bits per heavy atom. The van der Waals surface area contributed by atoms with Crippen LogP contribution in [0.4, 0.5) is 8.78 Å². The molecule has 1 unspecified atom stereocenters. The summed E-state index contributed by atoms with van der Waals surface area (Å²) in [4.78, 5) is 0. The van der Waals surface area contributed by atoms with Gasteiger partial charge < -0.3 is 34.6 Å². The van der Waals surface area contributed by atoms with Crippen LogP contribution in [0.3, 0.4) is 0 Å². The number of halogens is 3. The molecule has 34 heavy (non-hydrogen) atoms. The molecule has 2 heterocycles. The Morgan fingerprint density at radius 1 is 1.03 bits per heavy atom. The van der Waals surface area contributed by atoms with Crippen LogP contribution >= 0.6 is 11.6 Å². The molecule has 7 nitrogen and oxygen atoms in total. The van der Waals surface area contributed by atoms with E-state index in [9.17, 15) is 29.2 Å². The van der Waals surface area contributed by atoms with E-state index in [1.165, 1.54) is 0 Å². The van der Waals surface area contributed by atoms with Gasteiger partial charge in [0, 0.05) is 5.02 Å². The molecule has 2 aliphatic rings. The molecular weight excluding hydrogens is 474 g/mol. The summed E-state index contributed by atoms with van der Waals surface area (Å²) in [7, 11) is 0. The van der Waals surface area contributed by atoms with Gasteiger partial charge in [0.25, 0.3) is 6.43 Å². The summed E-state index contributed by atoms with van der Waals surface area (Å²) in [6, 6.07) is 12.0. The fraction of sp³-hybridized carbons (Fsp3) is 0.500. The first-order chi connectivity index (χ1) is 16.2. The predicted molar refractivity (Wildman–Crippen MR) is 118 cm³/mol. The average molecular weight is 501 g/mol. The third-order valence-electron chi connectivity index (χ3n) is 6.38. The van der Waals surface area contributed by atoms with E-state index in [1.807, 2.05) is 0 Å². The van der Waals surface area contributed by atoms with Crippen LogP contribution in [0, 0.1) is 5.41 Å². The van der Waals surface area contributed by atoms with Gasteiger partial charge >= 0.3 is 0 Å². The minimum atomic E-state index is -2.52. The monoisotopic (exact) mass is 500 g/mol. The topological polar surface area (TPSA) is 109 Å². The van der Waals surface area contributed by atoms with E-state index >= 15 is 0 Å². The van der Waals surface area contributed by atoms with Crippen LogP contribution in [-0.4, -0.2) is 77.7 Å². The Labute approximate surface area is 200 Å². The molecule has 186 valence electrons. The third kappa shape index (κ3) is 5.06. The van der Waals surface area contributed by atoms with Crippen LogP contribution in [0.2, 0.25) is 5.02 Å². The molecule has 0 radical (unpaired) electrons. The van der Waals surface area contributed by atoms with E-state index in [0.29, 0.717) is 22.8 Å². The van der Waals surface area contributed by atoms with Crippen molar-refractivity contribution < 1.29 is 43.4 Å². The molecule has 0 saturated carbocycles. The summed E-state index contributed by atoms with van der Waals surface area (Å²) in [5.41, 5.74) is 0.900. The second-order valence-corrected chi connectivity index (χ2v) is 9.27. The van der Waals surface area contributed by atoms with Crippen molar-refractivity contribution in [3.63, 3.8) is 0 Å². The first-order valence-electron chi connectivity index (χ1n) is 10.9. The van der Waals surface area contributed by atoms with Crippen LogP contribution < -0.4 is 4.74 Å². The standard InChI is InChI=1S/C24H27ClF2O7/c25-17-6-3-14(22-21(31)20(30)19(29)18(9-28)34-22)8-15(17)7-13-1-4-16(5-2-13)33-12-24(23(26)27)10-32-11-24/h1-6,8,18-23,28-31H,7,9-12H2/t18-,19-,20?,21-,22+/m1/s1. The van der Waals surface area contributed by atoms with Crippen LogP contribution in [0.1, 0.15) is 22.8 Å². The van der Waals surface area contributed by atoms with Crippen molar-refractivity contribution >= 4 is 11.6 Å². The number of benzene rings is 2. The summed E-state index contributed by atoms with van der Waals surface area (Å²) in [6.07, 6.45) is -8.35. The fourth-order valence-electron chi connectivity index (χ4n) is 4.07. The van der Waals surface area contributed by atoms with Crippen molar-refractivity contribution in [3.05, 3.63) is 64.2 Å². The highest BCUT2D eigenvalue weighted by molar-refractivity contribution is 6.31. The predicted octanol–water partition coefficient (Wildman–Crippen LogP) is 2.11. The van der Waals surface area contributed by atoms with E-state index in [1.54, 1.807) is 42.5 Å². The molecule has 2 fully saturated rings. The molecule has 0 bridgehead atoms. The van der Waals surface area contributed by atoms with Gasteiger partial charge in [-0.25, -0.2) is 8.78 Å². The molecule has 2 aromatic rings. The summed E-state index contributed by atoms with van der Waals surface area (Å²) in [5, 5.41) is 40.4. The molecule has 2 aliphatic heterocycles. The molecule has 5 atom stereocenters. The van der Waals surface area contributed by atoms with Gasteiger partial charge in [-0.15, -0.1) is 0 Å². The molecule has 10 heteroatoms. The lowest BCUT2D eigenvalue weighted by atomic mass is 9.87. The first-order valence-corrected chi connectivity index (χ1v) is 11.3. The van der Waals surface area contributed by atoms with E-state index in [4.69, 9.17) is 25.8 Å². The lowest BCUT2D eigenvalue weighted by molar-refractivity contribution is -0.231. The van der Waals surface area contributed by atoms with Gasteiger partial charge in [0.15, 0.2) is 0 Å². The van der Waals surface area contributed by atoms with Crippen molar-refractivity contribution in [1.82, 2.24) is 0 Å². The third-order valence-corrected chi connectivity index (χ3v) is 6.75. The van der Waals surface area contributed by atoms with Gasteiger partial charge in [-0.2, -0.15) is 0 Å². The maximum atomic E-state index is 13.2. The normalized spacial score (nSPS) is 28.5. The van der Waals surface area contributed by atoms with Crippen molar-refractivity contribution in [3.8, 4) is 5.75 Å². The second kappa shape index (κ2) is 10.4. The van der Waals surface area contributed by atoms with Gasteiger partial charge in [-0.05, 0) is 41.3 Å². The molecule has 2 aromatic carbocycles. The lowest BCUT2D eigenvalue weighted by Crippen LogP contribution is -2.55. The molecule has 2 saturated heterocycles. The Hall–Kier alpha value is -1.85. The molecule has 0 amide bonds. The first kappa shape index (κ1) is 25.2. The maximum absolute atomic E-state index is 13.2. The number of alkyl halides is 2. The zero-order valence-corrected chi connectivity index (χ0v) is 18.9. The Kier molecular flexibility index (Phi) is 7.73. The van der Waals surface area contributed by atoms with Crippen molar-refractivity contribution in [2.75, 3.05) is 26.4 Å². The van der Waals surface area contributed by atoms with E-state index in [2.05, 4.69) is 0 Å². The molecule has 0 aromatic heterocycles. The van der Waals surface area contributed by atoms with E-state index in [-0.39, 0.29) is 19.8 Å². The summed E-state index contributed by atoms with van der Waals surface area (Å²) >= 11 is 6.37. The minimum Gasteiger partial charge on any atom is -0.493 e. The van der Waals surface area contributed by atoms with Crippen molar-refractivity contribution in [1.29, 1.82) is 0 Å². The van der Waals surface area contributed by atoms with Gasteiger partial charge in [0.05, 0.1) is 19.8 Å². The summed E-state index contributed by atoms with van der Waals surface area (Å²) < 4.78 is 42.6. The Morgan fingerprint density at radius 2 is 1.74 bits per heavy atom. The zero-order chi connectivity index (χ0) is 24.5. The van der Waals surface area contributed by atoms with Crippen LogP contribution in [-0.2, 0) is 15.9 Å². The minimum absolute atomic E-state index is 0.0218. The fourth-order valence-corrected chi connectivity index (χ4v) is 4.26. The van der Waals surface area contributed by atoms with Gasteiger partial charge in [-0.3, -0.25) is 0 Å². The number of rotatable bonds is 8. The quantitative estimate of drug-likeness (QED) is 0.439. The number of aliphatic hydroxyl groups excluding tert-OH is 4. The smallest absolute Gasteiger partial charge is 0.251 e. The van der Waals surface area contributed by atoms with Crippen molar-refractivity contribution in [2.24, 2.45) is 5.41 Å². The zero-order valence-electron chi connectivity index (χ0n) is 18.2. The van der Waals surface area contributed by atoms with Gasteiger partial charge in [0.1, 0.15) is 48.3 Å². The lowest BCUT2D eigenvalue weighted by Gasteiger charge is -2.40. The van der Waals surface area contributed by atoms with Crippen LogP contribution in [0.25, 0.3) is 0 Å². The largest absolute Gasteiger partial charge is 0.493 e. The molecule has 0 aliphatic carbocycles. The van der Waals surface area contributed by atoms with Crippen LogP contribution in [0.15, 0.2) is 42.5 Å². The number of aliphatic hydroxyl groups is 4. The van der Waals surface area contributed by atoms with Gasteiger partial charge in [0.2, 0.25) is 0 Å². The average Bonchev–Trinajstić information content (AvgIpc) is 2.79. The van der Waals surface area contributed by atoms with Gasteiger partial charge in [-0.1, -0.05) is 35.9 Å². The number of hydrogen-bond acceptors (Lipinski definition) is 7. The SMILES string of the molecule is OC[C@H]1O[C@@H](c2ccc(Cl)c(Cc3ccc(OCC4(C(F)F)COC4)cc3)c2)[C@H](O)C(O)[C@@H]1O. The van der Waals surface area contributed by atoms with Crippen molar-refractivity contribution in [2.45, 2.75) is 43.4 Å². The van der Waals surface area contributed by atoms with Crippen LogP contribution in [0.5, 0.6) is 5.75 Å². The molecule has 0 spiro atoms. The molecule has 4 rings (SSSR count). The Balaban J connectivity index is 1.44. The second-order valence-electron chi connectivity index (χ2n) is 8.87.